The number of benzene rings is 1. The van der Waals surface area contributed by atoms with Crippen molar-refractivity contribution in [3.63, 3.8) is 0 Å². The molecule has 0 aliphatic carbocycles. The number of ether oxygens (including phenoxy) is 1. The van der Waals surface area contributed by atoms with Gasteiger partial charge in [0.25, 0.3) is 0 Å². The fraction of sp³-hybridized carbons (Fsp3) is 0.667. The van der Waals surface area contributed by atoms with Crippen molar-refractivity contribution in [3.8, 4) is 0 Å². The lowest BCUT2D eigenvalue weighted by atomic mass is 10.0. The Morgan fingerprint density at radius 2 is 1.93 bits per heavy atom. The monoisotopic (exact) mass is 374 g/mol. The van der Waals surface area contributed by atoms with Gasteiger partial charge in [0.05, 0.1) is 0 Å². The van der Waals surface area contributed by atoms with Crippen molar-refractivity contribution in [2.24, 2.45) is 5.92 Å². The molecular formula is C21H34N4O2. The van der Waals surface area contributed by atoms with Gasteiger partial charge >= 0.3 is 6.03 Å². The zero-order valence-corrected chi connectivity index (χ0v) is 16.7. The van der Waals surface area contributed by atoms with Gasteiger partial charge in [0.1, 0.15) is 0 Å². The molecule has 6 nitrogen and oxygen atoms in total. The van der Waals surface area contributed by atoms with E-state index in [0.717, 1.165) is 52.1 Å². The molecule has 0 radical (unpaired) electrons. The van der Waals surface area contributed by atoms with Crippen molar-refractivity contribution in [2.45, 2.75) is 31.3 Å². The van der Waals surface area contributed by atoms with E-state index in [9.17, 15) is 4.79 Å². The van der Waals surface area contributed by atoms with E-state index < -0.39 is 0 Å². The van der Waals surface area contributed by atoms with Crippen LogP contribution in [0.2, 0.25) is 0 Å². The van der Waals surface area contributed by atoms with E-state index in [1.54, 1.807) is 0 Å². The largest absolute Gasteiger partial charge is 0.381 e. The first-order valence-corrected chi connectivity index (χ1v) is 10.2. The number of urea groups is 1. The molecule has 27 heavy (non-hydrogen) atoms. The van der Waals surface area contributed by atoms with Gasteiger partial charge in [0.2, 0.25) is 0 Å². The molecular weight excluding hydrogens is 340 g/mol. The Morgan fingerprint density at radius 1 is 1.19 bits per heavy atom. The Hall–Kier alpha value is -1.63. The molecule has 0 spiro atoms. The van der Waals surface area contributed by atoms with Crippen LogP contribution < -0.4 is 10.6 Å². The Balaban J connectivity index is 1.48. The second-order valence-corrected chi connectivity index (χ2v) is 8.06. The highest BCUT2D eigenvalue weighted by Gasteiger charge is 2.37. The minimum atomic E-state index is -0.0477. The number of carbonyl (C=O) groups is 1. The summed E-state index contributed by atoms with van der Waals surface area (Å²) >= 11 is 0. The third kappa shape index (κ3) is 6.19. The molecule has 1 aromatic carbocycles. The van der Waals surface area contributed by atoms with Crippen molar-refractivity contribution >= 4 is 6.03 Å². The van der Waals surface area contributed by atoms with E-state index in [-0.39, 0.29) is 12.1 Å². The molecule has 1 aromatic rings. The quantitative estimate of drug-likeness (QED) is 0.761. The van der Waals surface area contributed by atoms with Crippen LogP contribution in [0.15, 0.2) is 30.3 Å². The highest BCUT2D eigenvalue weighted by Crippen LogP contribution is 2.24. The summed E-state index contributed by atoms with van der Waals surface area (Å²) in [5.41, 5.74) is 1.25. The van der Waals surface area contributed by atoms with Crippen LogP contribution >= 0.6 is 0 Å². The smallest absolute Gasteiger partial charge is 0.315 e. The van der Waals surface area contributed by atoms with Crippen LogP contribution in [0.3, 0.4) is 0 Å². The predicted molar refractivity (Wildman–Crippen MR) is 108 cm³/mol. The van der Waals surface area contributed by atoms with Crippen molar-refractivity contribution < 1.29 is 9.53 Å². The average molecular weight is 375 g/mol. The van der Waals surface area contributed by atoms with E-state index in [2.05, 4.69) is 46.7 Å². The fourth-order valence-electron chi connectivity index (χ4n) is 4.26. The Labute approximate surface area is 163 Å². The molecule has 2 fully saturated rings. The molecule has 0 aromatic heterocycles. The maximum atomic E-state index is 12.4. The Morgan fingerprint density at radius 3 is 2.63 bits per heavy atom. The Bertz CT molecular complexity index is 575. The number of hydrogen-bond donors (Lipinski definition) is 2. The number of rotatable bonds is 7. The first-order chi connectivity index (χ1) is 13.1. The number of nitrogens with one attached hydrogen (secondary N) is 2. The van der Waals surface area contributed by atoms with E-state index in [1.165, 1.54) is 5.56 Å². The second-order valence-electron chi connectivity index (χ2n) is 8.06. The lowest BCUT2D eigenvalue weighted by Crippen LogP contribution is -2.48. The summed E-state index contributed by atoms with van der Waals surface area (Å²) < 4.78 is 5.51. The van der Waals surface area contributed by atoms with Crippen LogP contribution in [0.25, 0.3) is 0 Å². The molecule has 0 bridgehead atoms. The molecule has 2 amide bonds. The predicted octanol–water partition coefficient (Wildman–Crippen LogP) is 1.57. The van der Waals surface area contributed by atoms with Gasteiger partial charge in [-0.1, -0.05) is 30.3 Å². The topological polar surface area (TPSA) is 56.8 Å². The molecule has 0 saturated carbocycles. The summed E-state index contributed by atoms with van der Waals surface area (Å²) in [6.45, 7) is 5.36. The van der Waals surface area contributed by atoms with Crippen LogP contribution in [0.5, 0.6) is 0 Å². The SMILES string of the molecule is CN(C)C[C@@H]1CN(C2CCOCC2)C[C@H]1NC(=O)NCCc1ccccc1. The summed E-state index contributed by atoms with van der Waals surface area (Å²) in [6.07, 6.45) is 3.06. The Kier molecular flexibility index (Phi) is 7.50. The fourth-order valence-corrected chi connectivity index (χ4v) is 4.26. The second kappa shape index (κ2) is 10.1. The van der Waals surface area contributed by atoms with Gasteiger partial charge < -0.3 is 20.3 Å². The number of nitrogens with zero attached hydrogens (tertiary/aromatic N) is 2. The average Bonchev–Trinajstić information content (AvgIpc) is 3.05. The highest BCUT2D eigenvalue weighted by molar-refractivity contribution is 5.74. The summed E-state index contributed by atoms with van der Waals surface area (Å²) in [5, 5.41) is 6.26. The summed E-state index contributed by atoms with van der Waals surface area (Å²) in [6, 6.07) is 11.0. The van der Waals surface area contributed by atoms with Crippen molar-refractivity contribution in [1.82, 2.24) is 20.4 Å². The van der Waals surface area contributed by atoms with Gasteiger partial charge in [0, 0.05) is 57.4 Å². The molecule has 2 aliphatic heterocycles. The van der Waals surface area contributed by atoms with Gasteiger partial charge in [-0.3, -0.25) is 4.90 Å². The van der Waals surface area contributed by atoms with E-state index in [1.807, 2.05) is 18.2 Å². The zero-order chi connectivity index (χ0) is 19.1. The van der Waals surface area contributed by atoms with Crippen LogP contribution in [0, 0.1) is 5.92 Å². The molecule has 6 heteroatoms. The molecule has 2 N–H and O–H groups in total. The van der Waals surface area contributed by atoms with Crippen LogP contribution in [-0.4, -0.2) is 81.4 Å². The van der Waals surface area contributed by atoms with E-state index in [4.69, 9.17) is 4.74 Å². The van der Waals surface area contributed by atoms with Gasteiger partial charge in [-0.15, -0.1) is 0 Å². The molecule has 2 saturated heterocycles. The van der Waals surface area contributed by atoms with Gasteiger partial charge in [-0.05, 0) is 38.9 Å². The lowest BCUT2D eigenvalue weighted by molar-refractivity contribution is 0.0404. The van der Waals surface area contributed by atoms with Gasteiger partial charge in [-0.2, -0.15) is 0 Å². The van der Waals surface area contributed by atoms with Crippen molar-refractivity contribution in [1.29, 1.82) is 0 Å². The van der Waals surface area contributed by atoms with Gasteiger partial charge in [0.15, 0.2) is 0 Å². The zero-order valence-electron chi connectivity index (χ0n) is 16.7. The first-order valence-electron chi connectivity index (χ1n) is 10.2. The standard InChI is InChI=1S/C21H34N4O2/c1-24(2)14-18-15-25(19-9-12-27-13-10-19)16-20(18)23-21(26)22-11-8-17-6-4-3-5-7-17/h3-7,18-20H,8-16H2,1-2H3,(H2,22,23,26)/t18-,20-/m1/s1. The van der Waals surface area contributed by atoms with Crippen LogP contribution in [0.1, 0.15) is 18.4 Å². The minimum Gasteiger partial charge on any atom is -0.381 e. The number of hydrogen-bond acceptors (Lipinski definition) is 4. The minimum absolute atomic E-state index is 0.0477. The van der Waals surface area contributed by atoms with E-state index >= 15 is 0 Å². The molecule has 2 heterocycles. The first kappa shape index (κ1) is 20.1. The lowest BCUT2D eigenvalue weighted by Gasteiger charge is -2.31. The normalized spacial score (nSPS) is 24.3. The van der Waals surface area contributed by atoms with Crippen LogP contribution in [-0.2, 0) is 11.2 Å². The number of carbonyl (C=O) groups excluding carboxylic acids is 1. The van der Waals surface area contributed by atoms with E-state index in [0.29, 0.717) is 18.5 Å². The third-order valence-electron chi connectivity index (χ3n) is 5.63. The summed E-state index contributed by atoms with van der Waals surface area (Å²) in [4.78, 5) is 17.2. The molecule has 2 atom stereocenters. The maximum Gasteiger partial charge on any atom is 0.315 e. The highest BCUT2D eigenvalue weighted by atomic mass is 16.5. The maximum absolute atomic E-state index is 12.4. The summed E-state index contributed by atoms with van der Waals surface area (Å²) in [5.74, 6) is 0.461. The summed E-state index contributed by atoms with van der Waals surface area (Å²) in [7, 11) is 4.21. The third-order valence-corrected chi connectivity index (χ3v) is 5.63. The number of amides is 2. The molecule has 150 valence electrons. The van der Waals surface area contributed by atoms with Crippen LogP contribution in [0.4, 0.5) is 4.79 Å². The molecule has 3 rings (SSSR count). The number of likely N-dealkylation sites (tertiary alicyclic amines) is 1. The molecule has 2 aliphatic rings. The van der Waals surface area contributed by atoms with Crippen molar-refractivity contribution in [3.05, 3.63) is 35.9 Å². The molecule has 0 unspecified atom stereocenters. The van der Waals surface area contributed by atoms with Crippen molar-refractivity contribution in [2.75, 3.05) is 53.5 Å². The van der Waals surface area contributed by atoms with Gasteiger partial charge in [-0.25, -0.2) is 4.79 Å².